The van der Waals surface area contributed by atoms with E-state index in [9.17, 15) is 4.79 Å². The number of amides is 1. The normalized spacial score (nSPS) is 9.62. The smallest absolute Gasteiger partial charge is 0.233 e. The summed E-state index contributed by atoms with van der Waals surface area (Å²) >= 11 is 0. The maximum absolute atomic E-state index is 10.1. The number of rotatable bonds is 5. The second-order valence-electron chi connectivity index (χ2n) is 3.00. The molecule has 0 unspecified atom stereocenters. The SMILES string of the molecule is CCCCc1ccc([N]C=O)cc1. The first-order valence-corrected chi connectivity index (χ1v) is 4.60. The van der Waals surface area contributed by atoms with Crippen LogP contribution in [0, 0.1) is 0 Å². The highest BCUT2D eigenvalue weighted by molar-refractivity contribution is 5.58. The van der Waals surface area contributed by atoms with E-state index in [-0.39, 0.29) is 0 Å². The average Bonchev–Trinajstić information content (AvgIpc) is 2.17. The highest BCUT2D eigenvalue weighted by Crippen LogP contribution is 2.10. The summed E-state index contributed by atoms with van der Waals surface area (Å²) in [6, 6.07) is 7.80. The molecule has 0 N–H and O–H groups in total. The average molecular weight is 176 g/mol. The summed E-state index contributed by atoms with van der Waals surface area (Å²) in [5.74, 6) is 0. The molecule has 13 heavy (non-hydrogen) atoms. The fraction of sp³-hybridized carbons (Fsp3) is 0.364. The lowest BCUT2D eigenvalue weighted by Crippen LogP contribution is -1.92. The third-order valence-corrected chi connectivity index (χ3v) is 1.96. The molecule has 69 valence electrons. The van der Waals surface area contributed by atoms with Crippen molar-refractivity contribution in [2.24, 2.45) is 0 Å². The van der Waals surface area contributed by atoms with Crippen LogP contribution >= 0.6 is 0 Å². The van der Waals surface area contributed by atoms with Crippen molar-refractivity contribution in [3.8, 4) is 0 Å². The predicted molar refractivity (Wildman–Crippen MR) is 52.9 cm³/mol. The molecular formula is C11H14NO. The molecule has 1 amide bonds. The van der Waals surface area contributed by atoms with Crippen molar-refractivity contribution in [3.63, 3.8) is 0 Å². The summed E-state index contributed by atoms with van der Waals surface area (Å²) in [6.07, 6.45) is 4.10. The standard InChI is InChI=1S/C11H14NO/c1-2-3-4-10-5-7-11(8-6-10)12-9-13/h5-9H,2-4H2,1H3. The van der Waals surface area contributed by atoms with Crippen LogP contribution in [-0.4, -0.2) is 6.41 Å². The van der Waals surface area contributed by atoms with Crippen LogP contribution in [0.25, 0.3) is 0 Å². The lowest BCUT2D eigenvalue weighted by Gasteiger charge is -2.00. The number of hydrogen-bond acceptors (Lipinski definition) is 1. The van der Waals surface area contributed by atoms with Crippen molar-refractivity contribution in [3.05, 3.63) is 29.8 Å². The minimum absolute atomic E-state index is 0.570. The van der Waals surface area contributed by atoms with Crippen LogP contribution in [-0.2, 0) is 11.2 Å². The third-order valence-electron chi connectivity index (χ3n) is 1.96. The molecule has 0 aromatic heterocycles. The van der Waals surface area contributed by atoms with Gasteiger partial charge in [-0.1, -0.05) is 25.5 Å². The molecule has 2 heteroatoms. The molecule has 0 saturated carbocycles. The topological polar surface area (TPSA) is 31.2 Å². The Bertz CT molecular complexity index is 253. The van der Waals surface area contributed by atoms with Gasteiger partial charge in [-0.3, -0.25) is 4.79 Å². The van der Waals surface area contributed by atoms with Crippen LogP contribution in [0.5, 0.6) is 0 Å². The Labute approximate surface area is 79.0 Å². The van der Waals surface area contributed by atoms with Gasteiger partial charge in [-0.2, -0.15) is 0 Å². The molecule has 0 spiro atoms. The number of carbonyl (C=O) groups excluding carboxylic acids is 1. The number of hydrogen-bond donors (Lipinski definition) is 0. The maximum atomic E-state index is 10.1. The van der Waals surface area contributed by atoms with Gasteiger partial charge in [-0.25, -0.2) is 5.32 Å². The highest BCUT2D eigenvalue weighted by atomic mass is 16.1. The van der Waals surface area contributed by atoms with Crippen molar-refractivity contribution in [2.45, 2.75) is 26.2 Å². The van der Waals surface area contributed by atoms with Gasteiger partial charge in [0, 0.05) is 0 Å². The first kappa shape index (κ1) is 9.78. The first-order chi connectivity index (χ1) is 6.36. The Morgan fingerprint density at radius 1 is 1.31 bits per heavy atom. The number of aryl methyl sites for hydroxylation is 1. The summed E-state index contributed by atoms with van der Waals surface area (Å²) in [6.45, 7) is 2.18. The van der Waals surface area contributed by atoms with Crippen LogP contribution in [0.15, 0.2) is 24.3 Å². The minimum Gasteiger partial charge on any atom is -0.276 e. The molecule has 1 aromatic rings. The van der Waals surface area contributed by atoms with E-state index in [1.54, 1.807) is 0 Å². The Morgan fingerprint density at radius 3 is 2.54 bits per heavy atom. The zero-order valence-corrected chi connectivity index (χ0v) is 7.86. The summed E-state index contributed by atoms with van der Waals surface area (Å²) in [7, 11) is 0. The van der Waals surface area contributed by atoms with Gasteiger partial charge in [0.15, 0.2) is 0 Å². The van der Waals surface area contributed by atoms with Gasteiger partial charge in [0.1, 0.15) is 0 Å². The first-order valence-electron chi connectivity index (χ1n) is 4.60. The van der Waals surface area contributed by atoms with Gasteiger partial charge in [0.2, 0.25) is 6.41 Å². The molecule has 2 nitrogen and oxygen atoms in total. The quantitative estimate of drug-likeness (QED) is 0.634. The molecule has 1 aromatic carbocycles. The van der Waals surface area contributed by atoms with Gasteiger partial charge in [0.25, 0.3) is 0 Å². The van der Waals surface area contributed by atoms with E-state index in [4.69, 9.17) is 0 Å². The van der Waals surface area contributed by atoms with E-state index in [2.05, 4.69) is 12.2 Å². The van der Waals surface area contributed by atoms with E-state index in [0.29, 0.717) is 6.41 Å². The van der Waals surface area contributed by atoms with Gasteiger partial charge < -0.3 is 0 Å². The van der Waals surface area contributed by atoms with E-state index in [1.165, 1.54) is 18.4 Å². The van der Waals surface area contributed by atoms with E-state index < -0.39 is 0 Å². The van der Waals surface area contributed by atoms with E-state index in [1.807, 2.05) is 24.3 Å². The Kier molecular flexibility index (Phi) is 4.03. The lowest BCUT2D eigenvalue weighted by molar-refractivity contribution is -0.108. The summed E-state index contributed by atoms with van der Waals surface area (Å²) < 4.78 is 0. The van der Waals surface area contributed by atoms with Crippen molar-refractivity contribution >= 4 is 12.1 Å². The van der Waals surface area contributed by atoms with Crippen LogP contribution in [0.4, 0.5) is 5.69 Å². The third kappa shape index (κ3) is 3.28. The lowest BCUT2D eigenvalue weighted by atomic mass is 10.1. The molecular weight excluding hydrogens is 162 g/mol. The fourth-order valence-electron chi connectivity index (χ4n) is 1.19. The second kappa shape index (κ2) is 5.36. The van der Waals surface area contributed by atoms with Gasteiger partial charge >= 0.3 is 0 Å². The van der Waals surface area contributed by atoms with Gasteiger partial charge in [-0.15, -0.1) is 0 Å². The Morgan fingerprint density at radius 2 is 2.00 bits per heavy atom. The zero-order valence-electron chi connectivity index (χ0n) is 7.86. The van der Waals surface area contributed by atoms with Crippen LogP contribution in [0.1, 0.15) is 25.3 Å². The second-order valence-corrected chi connectivity index (χ2v) is 3.00. The molecule has 0 saturated heterocycles. The van der Waals surface area contributed by atoms with E-state index >= 15 is 0 Å². The molecule has 1 radical (unpaired) electrons. The van der Waals surface area contributed by atoms with E-state index in [0.717, 1.165) is 12.1 Å². The number of unbranched alkanes of at least 4 members (excludes halogenated alkanes) is 1. The van der Waals surface area contributed by atoms with Crippen molar-refractivity contribution in [1.29, 1.82) is 0 Å². The number of nitrogens with zero attached hydrogens (tertiary/aromatic N) is 1. The monoisotopic (exact) mass is 176 g/mol. The van der Waals surface area contributed by atoms with Gasteiger partial charge in [0.05, 0.1) is 5.69 Å². The molecule has 0 aliphatic carbocycles. The van der Waals surface area contributed by atoms with Crippen LogP contribution in [0.3, 0.4) is 0 Å². The molecule has 0 heterocycles. The molecule has 0 fully saturated rings. The van der Waals surface area contributed by atoms with Gasteiger partial charge in [-0.05, 0) is 30.5 Å². The van der Waals surface area contributed by atoms with Crippen molar-refractivity contribution in [2.75, 3.05) is 0 Å². The Balaban J connectivity index is 2.53. The summed E-state index contributed by atoms with van der Waals surface area (Å²) in [4.78, 5) is 10.1. The fourth-order valence-corrected chi connectivity index (χ4v) is 1.19. The largest absolute Gasteiger partial charge is 0.276 e. The molecule has 0 atom stereocenters. The van der Waals surface area contributed by atoms with Crippen LogP contribution < -0.4 is 5.32 Å². The number of benzene rings is 1. The highest BCUT2D eigenvalue weighted by Gasteiger charge is 1.93. The predicted octanol–water partition coefficient (Wildman–Crippen LogP) is 2.42. The summed E-state index contributed by atoms with van der Waals surface area (Å²) in [5.41, 5.74) is 2.04. The van der Waals surface area contributed by atoms with Crippen molar-refractivity contribution in [1.82, 2.24) is 5.32 Å². The van der Waals surface area contributed by atoms with Crippen LogP contribution in [0.2, 0.25) is 0 Å². The minimum atomic E-state index is 0.570. The van der Waals surface area contributed by atoms with Crippen molar-refractivity contribution < 1.29 is 4.79 Å². The Hall–Kier alpha value is -1.31. The zero-order chi connectivity index (χ0) is 9.52. The summed E-state index contributed by atoms with van der Waals surface area (Å²) in [5, 5.41) is 3.65. The maximum Gasteiger partial charge on any atom is 0.233 e. The molecule has 1 rings (SSSR count). The molecule has 0 bridgehead atoms. The number of carbonyl (C=O) groups is 1. The molecule has 0 aliphatic rings. The molecule has 0 aliphatic heterocycles.